The summed E-state index contributed by atoms with van der Waals surface area (Å²) in [5.41, 5.74) is 3.06. The monoisotopic (exact) mass is 424 g/mol. The van der Waals surface area contributed by atoms with Gasteiger partial charge in [-0.25, -0.2) is 9.97 Å². The van der Waals surface area contributed by atoms with E-state index in [0.717, 1.165) is 55.1 Å². The molecule has 0 amide bonds. The number of halogens is 1. The molecule has 31 heavy (non-hydrogen) atoms. The van der Waals surface area contributed by atoms with Crippen LogP contribution in [0.25, 0.3) is 0 Å². The molecule has 1 aromatic carbocycles. The molecular formula is C26H33FN2O2. The van der Waals surface area contributed by atoms with Crippen molar-refractivity contribution in [3.8, 4) is 0 Å². The number of aldehydes is 1. The molecule has 1 aliphatic rings. The van der Waals surface area contributed by atoms with E-state index in [2.05, 4.69) is 9.97 Å². The first-order valence-corrected chi connectivity index (χ1v) is 11.6. The van der Waals surface area contributed by atoms with E-state index in [0.29, 0.717) is 49.1 Å². The van der Waals surface area contributed by atoms with Gasteiger partial charge in [0.1, 0.15) is 17.9 Å². The van der Waals surface area contributed by atoms with E-state index >= 15 is 0 Å². The van der Waals surface area contributed by atoms with Crippen LogP contribution in [0.5, 0.6) is 0 Å². The number of hydrogen-bond acceptors (Lipinski definition) is 4. The first-order chi connectivity index (χ1) is 15.1. The van der Waals surface area contributed by atoms with Gasteiger partial charge in [0.2, 0.25) is 0 Å². The van der Waals surface area contributed by atoms with E-state index in [1.807, 2.05) is 43.6 Å². The van der Waals surface area contributed by atoms with Crippen molar-refractivity contribution in [2.45, 2.75) is 76.5 Å². The summed E-state index contributed by atoms with van der Waals surface area (Å²) in [7, 11) is 0. The number of Topliss-reactive ketones (excluding diaryl/α,β-unsaturated/α-hetero) is 1. The molecule has 0 aliphatic heterocycles. The van der Waals surface area contributed by atoms with Gasteiger partial charge in [0.05, 0.1) is 12.6 Å². The van der Waals surface area contributed by atoms with Crippen molar-refractivity contribution in [2.24, 2.45) is 5.92 Å². The molecule has 3 rings (SSSR count). The van der Waals surface area contributed by atoms with Gasteiger partial charge in [0, 0.05) is 25.2 Å². The Morgan fingerprint density at radius 3 is 2.39 bits per heavy atom. The molecule has 0 radical (unpaired) electrons. The van der Waals surface area contributed by atoms with Crippen LogP contribution < -0.4 is 0 Å². The lowest BCUT2D eigenvalue weighted by Gasteiger charge is -2.28. The Morgan fingerprint density at radius 1 is 1.13 bits per heavy atom. The lowest BCUT2D eigenvalue weighted by molar-refractivity contribution is -0.119. The van der Waals surface area contributed by atoms with Gasteiger partial charge in [-0.1, -0.05) is 31.2 Å². The number of aromatic nitrogens is 2. The molecule has 5 heteroatoms. The number of alkyl halides is 1. The van der Waals surface area contributed by atoms with Crippen molar-refractivity contribution in [1.82, 2.24) is 9.97 Å². The normalized spacial score (nSPS) is 19.7. The Labute approximate surface area is 184 Å². The van der Waals surface area contributed by atoms with Crippen LogP contribution in [0.15, 0.2) is 36.7 Å². The standard InChI is InChI=1S/C26H33FN2O2/c1-2-24(31)14-9-20-5-10-21(11-6-20)23-16-28-26(29-17-23)25(18-30)22-12-7-19(8-13-22)4-3-15-27/h7-8,12-13,16-18,20-21,25H,2-6,9-11,14-15H2,1H3. The smallest absolute Gasteiger partial charge is 0.142 e. The van der Waals surface area contributed by atoms with Crippen molar-refractivity contribution in [2.75, 3.05) is 6.67 Å². The van der Waals surface area contributed by atoms with Crippen molar-refractivity contribution in [3.63, 3.8) is 0 Å². The molecule has 1 saturated carbocycles. The third kappa shape index (κ3) is 6.52. The first-order valence-electron chi connectivity index (χ1n) is 11.6. The van der Waals surface area contributed by atoms with Crippen molar-refractivity contribution in [1.29, 1.82) is 0 Å². The third-order valence-electron chi connectivity index (χ3n) is 6.59. The summed E-state index contributed by atoms with van der Waals surface area (Å²) < 4.78 is 12.4. The van der Waals surface area contributed by atoms with E-state index in [9.17, 15) is 14.0 Å². The van der Waals surface area contributed by atoms with Gasteiger partial charge < -0.3 is 4.79 Å². The summed E-state index contributed by atoms with van der Waals surface area (Å²) in [6.07, 6.45) is 12.7. The zero-order chi connectivity index (χ0) is 22.1. The average molecular weight is 425 g/mol. The molecule has 4 nitrogen and oxygen atoms in total. The molecule has 2 aromatic rings. The Balaban J connectivity index is 1.57. The summed E-state index contributed by atoms with van der Waals surface area (Å²) in [4.78, 5) is 32.4. The van der Waals surface area contributed by atoms with Crippen LogP contribution in [0.4, 0.5) is 4.39 Å². The predicted octanol–water partition coefficient (Wildman–Crippen LogP) is 5.74. The Morgan fingerprint density at radius 2 is 1.81 bits per heavy atom. The molecule has 0 spiro atoms. The van der Waals surface area contributed by atoms with Crippen molar-refractivity contribution >= 4 is 12.1 Å². The lowest BCUT2D eigenvalue weighted by Crippen LogP contribution is -2.15. The third-order valence-corrected chi connectivity index (χ3v) is 6.59. The molecular weight excluding hydrogens is 391 g/mol. The summed E-state index contributed by atoms with van der Waals surface area (Å²) in [6, 6.07) is 7.72. The zero-order valence-corrected chi connectivity index (χ0v) is 18.4. The van der Waals surface area contributed by atoms with E-state index in [1.54, 1.807) is 0 Å². The SMILES string of the molecule is CCC(=O)CCC1CCC(c2cnc(C(C=O)c3ccc(CCCF)cc3)nc2)CC1. The maximum Gasteiger partial charge on any atom is 0.142 e. The van der Waals surface area contributed by atoms with Crippen molar-refractivity contribution < 1.29 is 14.0 Å². The highest BCUT2D eigenvalue weighted by atomic mass is 19.1. The molecule has 1 heterocycles. The molecule has 0 N–H and O–H groups in total. The summed E-state index contributed by atoms with van der Waals surface area (Å²) in [5, 5.41) is 0. The number of carbonyl (C=O) groups excluding carboxylic acids is 2. The molecule has 1 aliphatic carbocycles. The average Bonchev–Trinajstić information content (AvgIpc) is 2.83. The number of rotatable bonds is 11. The molecule has 1 aromatic heterocycles. The van der Waals surface area contributed by atoms with Gasteiger partial charge in [-0.2, -0.15) is 0 Å². The van der Waals surface area contributed by atoms with Crippen LogP contribution >= 0.6 is 0 Å². The van der Waals surface area contributed by atoms with Gasteiger partial charge in [0.25, 0.3) is 0 Å². The van der Waals surface area contributed by atoms with Gasteiger partial charge >= 0.3 is 0 Å². The minimum absolute atomic E-state index is 0.320. The maximum atomic E-state index is 12.4. The molecule has 1 fully saturated rings. The molecule has 0 saturated heterocycles. The largest absolute Gasteiger partial charge is 0.302 e. The number of hydrogen-bond donors (Lipinski definition) is 0. The van der Waals surface area contributed by atoms with Crippen LogP contribution in [-0.2, 0) is 16.0 Å². The highest BCUT2D eigenvalue weighted by molar-refractivity contribution is 5.77. The van der Waals surface area contributed by atoms with Crippen LogP contribution in [0.3, 0.4) is 0 Å². The number of carbonyl (C=O) groups is 2. The van der Waals surface area contributed by atoms with E-state index in [1.165, 1.54) is 0 Å². The predicted molar refractivity (Wildman–Crippen MR) is 120 cm³/mol. The Kier molecular flexibility index (Phi) is 8.86. The van der Waals surface area contributed by atoms with Crippen molar-refractivity contribution in [3.05, 3.63) is 59.2 Å². The maximum absolute atomic E-state index is 12.4. The summed E-state index contributed by atoms with van der Waals surface area (Å²) >= 11 is 0. The highest BCUT2D eigenvalue weighted by Crippen LogP contribution is 2.37. The Bertz CT molecular complexity index is 827. The van der Waals surface area contributed by atoms with E-state index < -0.39 is 5.92 Å². The minimum Gasteiger partial charge on any atom is -0.302 e. The van der Waals surface area contributed by atoms with Crippen LogP contribution in [0.2, 0.25) is 0 Å². The Hall–Kier alpha value is -2.43. The second kappa shape index (κ2) is 11.8. The van der Waals surface area contributed by atoms with Gasteiger partial charge in [0.15, 0.2) is 0 Å². The van der Waals surface area contributed by atoms with Gasteiger partial charge in [-0.3, -0.25) is 9.18 Å². The fraction of sp³-hybridized carbons (Fsp3) is 0.538. The second-order valence-electron chi connectivity index (χ2n) is 8.67. The summed E-state index contributed by atoms with van der Waals surface area (Å²) in [6.45, 7) is 1.61. The fourth-order valence-corrected chi connectivity index (χ4v) is 4.50. The van der Waals surface area contributed by atoms with Gasteiger partial charge in [-0.05, 0) is 73.5 Å². The lowest BCUT2D eigenvalue weighted by atomic mass is 9.77. The van der Waals surface area contributed by atoms with Crippen LogP contribution in [-0.4, -0.2) is 28.7 Å². The van der Waals surface area contributed by atoms with Crippen LogP contribution in [0.1, 0.15) is 92.6 Å². The molecule has 0 bridgehead atoms. The molecule has 1 unspecified atom stereocenters. The fourth-order valence-electron chi connectivity index (χ4n) is 4.50. The van der Waals surface area contributed by atoms with E-state index in [4.69, 9.17) is 0 Å². The van der Waals surface area contributed by atoms with E-state index in [-0.39, 0.29) is 6.67 Å². The highest BCUT2D eigenvalue weighted by Gasteiger charge is 2.24. The number of benzene rings is 1. The topological polar surface area (TPSA) is 59.9 Å². The minimum atomic E-state index is -0.490. The first kappa shape index (κ1) is 23.2. The quantitative estimate of drug-likeness (QED) is 0.431. The zero-order valence-electron chi connectivity index (χ0n) is 18.4. The number of ketones is 1. The molecule has 1 atom stereocenters. The number of nitrogens with zero attached hydrogens (tertiary/aromatic N) is 2. The number of aryl methyl sites for hydroxylation is 1. The summed E-state index contributed by atoms with van der Waals surface area (Å²) in [5.74, 6) is 1.50. The van der Waals surface area contributed by atoms with Gasteiger partial charge in [-0.15, -0.1) is 0 Å². The van der Waals surface area contributed by atoms with Crippen LogP contribution in [0, 0.1) is 5.92 Å². The molecule has 166 valence electrons. The second-order valence-corrected chi connectivity index (χ2v) is 8.67.